The van der Waals surface area contributed by atoms with Gasteiger partial charge in [-0.2, -0.15) is 5.26 Å². The summed E-state index contributed by atoms with van der Waals surface area (Å²) in [7, 11) is 0. The molecule has 150 valence electrons. The van der Waals surface area contributed by atoms with Gasteiger partial charge in [-0.05, 0) is 36.4 Å². The maximum atomic E-state index is 12.6. The van der Waals surface area contributed by atoms with Crippen LogP contribution in [0.2, 0.25) is 0 Å². The topological polar surface area (TPSA) is 94.6 Å². The van der Waals surface area contributed by atoms with Crippen LogP contribution in [-0.4, -0.2) is 50.2 Å². The molecule has 0 bridgehead atoms. The number of morpholine rings is 1. The third kappa shape index (κ3) is 5.82. The quantitative estimate of drug-likeness (QED) is 0.427. The van der Waals surface area contributed by atoms with Crippen LogP contribution < -0.4 is 16.0 Å². The molecule has 1 amide bonds. The number of anilines is 3. The molecule has 0 aromatic heterocycles. The Balaban J connectivity index is 1.74. The van der Waals surface area contributed by atoms with E-state index in [4.69, 9.17) is 10.5 Å². The lowest BCUT2D eigenvalue weighted by Gasteiger charge is -2.26. The van der Waals surface area contributed by atoms with Crippen LogP contribution >= 0.6 is 0 Å². The Kier molecular flexibility index (Phi) is 7.22. The van der Waals surface area contributed by atoms with Crippen LogP contribution in [0.3, 0.4) is 0 Å². The number of benzene rings is 2. The van der Waals surface area contributed by atoms with E-state index in [1.54, 1.807) is 23.2 Å². The average Bonchev–Trinajstić information content (AvgIpc) is 2.77. The zero-order valence-corrected chi connectivity index (χ0v) is 16.3. The van der Waals surface area contributed by atoms with Crippen molar-refractivity contribution in [1.82, 2.24) is 10.2 Å². The van der Waals surface area contributed by atoms with Crippen molar-refractivity contribution >= 4 is 23.0 Å². The van der Waals surface area contributed by atoms with Crippen molar-refractivity contribution in [2.75, 3.05) is 50.0 Å². The zero-order valence-electron chi connectivity index (χ0n) is 16.3. The summed E-state index contributed by atoms with van der Waals surface area (Å²) in [4.78, 5) is 16.6. The van der Waals surface area contributed by atoms with Crippen molar-refractivity contribution in [3.05, 3.63) is 66.4 Å². The van der Waals surface area contributed by atoms with E-state index < -0.39 is 5.91 Å². The molecule has 1 heterocycles. The van der Waals surface area contributed by atoms with E-state index in [0.717, 1.165) is 31.0 Å². The van der Waals surface area contributed by atoms with Gasteiger partial charge in [0.15, 0.2) is 0 Å². The van der Waals surface area contributed by atoms with Crippen LogP contribution in [0.25, 0.3) is 0 Å². The molecule has 0 unspecified atom stereocenters. The van der Waals surface area contributed by atoms with Crippen LogP contribution in [0.5, 0.6) is 0 Å². The van der Waals surface area contributed by atoms with Gasteiger partial charge in [-0.15, -0.1) is 0 Å². The Labute approximate surface area is 171 Å². The average molecular weight is 391 g/mol. The highest BCUT2D eigenvalue weighted by Crippen LogP contribution is 2.27. The molecule has 0 spiro atoms. The number of carbonyl (C=O) groups is 1. The Morgan fingerprint density at radius 1 is 1.14 bits per heavy atom. The van der Waals surface area contributed by atoms with Gasteiger partial charge in [0.1, 0.15) is 11.6 Å². The second kappa shape index (κ2) is 10.3. The minimum absolute atomic E-state index is 0.0349. The summed E-state index contributed by atoms with van der Waals surface area (Å²) in [6, 6.07) is 18.8. The molecule has 2 aromatic carbocycles. The number of para-hydroxylation sites is 1. The van der Waals surface area contributed by atoms with Crippen LogP contribution in [0.1, 0.15) is 0 Å². The first-order valence-corrected chi connectivity index (χ1v) is 9.57. The Hall–Kier alpha value is -3.34. The summed E-state index contributed by atoms with van der Waals surface area (Å²) in [6.45, 7) is 4.35. The van der Waals surface area contributed by atoms with E-state index in [-0.39, 0.29) is 5.57 Å². The lowest BCUT2D eigenvalue weighted by atomic mass is 10.2. The second-order valence-corrected chi connectivity index (χ2v) is 6.66. The standard InChI is InChI=1S/C22H25N5O2/c23-16-18(22(28)25-10-11-26-12-14-29-15-13-26)17-27(20-4-2-1-3-5-20)21-8-6-19(24)7-9-21/h1-9,17H,10-15,24H2,(H,25,28)/b18-17-. The van der Waals surface area contributed by atoms with Crippen molar-refractivity contribution in [3.8, 4) is 6.07 Å². The van der Waals surface area contributed by atoms with Gasteiger partial charge < -0.3 is 20.7 Å². The Morgan fingerprint density at radius 3 is 2.45 bits per heavy atom. The number of carbonyl (C=O) groups excluding carboxylic acids is 1. The van der Waals surface area contributed by atoms with Crippen molar-refractivity contribution in [1.29, 1.82) is 5.26 Å². The maximum Gasteiger partial charge on any atom is 0.263 e. The van der Waals surface area contributed by atoms with E-state index in [1.165, 1.54) is 0 Å². The summed E-state index contributed by atoms with van der Waals surface area (Å²) in [6.07, 6.45) is 1.56. The van der Waals surface area contributed by atoms with Crippen LogP contribution in [0.4, 0.5) is 17.1 Å². The Morgan fingerprint density at radius 2 is 1.79 bits per heavy atom. The SMILES string of the molecule is N#C/C(=C/N(c1ccccc1)c1ccc(N)cc1)C(=O)NCCN1CCOCC1. The molecule has 3 rings (SSSR count). The molecule has 0 atom stereocenters. The van der Waals surface area contributed by atoms with Gasteiger partial charge >= 0.3 is 0 Å². The van der Waals surface area contributed by atoms with E-state index in [2.05, 4.69) is 10.2 Å². The monoisotopic (exact) mass is 391 g/mol. The minimum atomic E-state index is -0.392. The predicted molar refractivity (Wildman–Crippen MR) is 113 cm³/mol. The third-order valence-electron chi connectivity index (χ3n) is 4.65. The van der Waals surface area contributed by atoms with Crippen molar-refractivity contribution in [2.45, 2.75) is 0 Å². The van der Waals surface area contributed by atoms with Gasteiger partial charge in [0.25, 0.3) is 5.91 Å². The molecule has 7 nitrogen and oxygen atoms in total. The number of amides is 1. The molecule has 1 aliphatic rings. The van der Waals surface area contributed by atoms with E-state index in [0.29, 0.717) is 25.4 Å². The van der Waals surface area contributed by atoms with Crippen LogP contribution in [0, 0.1) is 11.3 Å². The summed E-state index contributed by atoms with van der Waals surface area (Å²) in [5.41, 5.74) is 8.12. The molecule has 1 fully saturated rings. The first kappa shape index (κ1) is 20.4. The number of nitrogens with one attached hydrogen (secondary N) is 1. The third-order valence-corrected chi connectivity index (χ3v) is 4.65. The highest BCUT2D eigenvalue weighted by molar-refractivity contribution is 5.98. The second-order valence-electron chi connectivity index (χ2n) is 6.66. The fourth-order valence-corrected chi connectivity index (χ4v) is 3.04. The fourth-order valence-electron chi connectivity index (χ4n) is 3.04. The molecular formula is C22H25N5O2. The normalized spacial score (nSPS) is 14.8. The highest BCUT2D eigenvalue weighted by Gasteiger charge is 2.15. The lowest BCUT2D eigenvalue weighted by Crippen LogP contribution is -2.41. The summed E-state index contributed by atoms with van der Waals surface area (Å²) >= 11 is 0. The van der Waals surface area contributed by atoms with Crippen LogP contribution in [-0.2, 0) is 9.53 Å². The molecule has 0 radical (unpaired) electrons. The first-order chi connectivity index (χ1) is 14.2. The molecule has 2 aromatic rings. The van der Waals surface area contributed by atoms with E-state index in [9.17, 15) is 10.1 Å². The van der Waals surface area contributed by atoms with Gasteiger partial charge in [0, 0.05) is 49.4 Å². The minimum Gasteiger partial charge on any atom is -0.399 e. The molecule has 0 saturated carbocycles. The summed E-state index contributed by atoms with van der Waals surface area (Å²) < 4.78 is 5.32. The number of hydrogen-bond acceptors (Lipinski definition) is 6. The molecule has 7 heteroatoms. The number of nitriles is 1. The van der Waals surface area contributed by atoms with Gasteiger partial charge in [-0.3, -0.25) is 9.69 Å². The van der Waals surface area contributed by atoms with Crippen molar-refractivity contribution < 1.29 is 9.53 Å². The largest absolute Gasteiger partial charge is 0.399 e. The number of ether oxygens (including phenoxy) is 1. The van der Waals surface area contributed by atoms with Gasteiger partial charge in [-0.1, -0.05) is 18.2 Å². The Bertz CT molecular complexity index is 868. The number of nitrogens with zero attached hydrogens (tertiary/aromatic N) is 3. The molecule has 1 saturated heterocycles. The van der Waals surface area contributed by atoms with Gasteiger partial charge in [0.2, 0.25) is 0 Å². The molecule has 1 aliphatic heterocycles. The van der Waals surface area contributed by atoms with E-state index in [1.807, 2.05) is 48.5 Å². The fraction of sp³-hybridized carbons (Fsp3) is 0.273. The lowest BCUT2D eigenvalue weighted by molar-refractivity contribution is -0.117. The smallest absolute Gasteiger partial charge is 0.263 e. The highest BCUT2D eigenvalue weighted by atomic mass is 16.5. The first-order valence-electron chi connectivity index (χ1n) is 9.57. The molecule has 3 N–H and O–H groups in total. The van der Waals surface area contributed by atoms with Crippen molar-refractivity contribution in [3.63, 3.8) is 0 Å². The number of nitrogens with two attached hydrogens (primary N) is 1. The number of rotatable bonds is 7. The molecule has 29 heavy (non-hydrogen) atoms. The maximum absolute atomic E-state index is 12.6. The summed E-state index contributed by atoms with van der Waals surface area (Å²) in [5, 5.41) is 12.4. The van der Waals surface area contributed by atoms with Crippen LogP contribution in [0.15, 0.2) is 66.4 Å². The van der Waals surface area contributed by atoms with Gasteiger partial charge in [0.05, 0.1) is 13.2 Å². The molecule has 0 aliphatic carbocycles. The van der Waals surface area contributed by atoms with E-state index >= 15 is 0 Å². The van der Waals surface area contributed by atoms with Crippen molar-refractivity contribution in [2.24, 2.45) is 0 Å². The number of hydrogen-bond donors (Lipinski definition) is 2. The molecular weight excluding hydrogens is 366 g/mol. The predicted octanol–water partition coefficient (Wildman–Crippen LogP) is 2.26. The zero-order chi connectivity index (χ0) is 20.5. The van der Waals surface area contributed by atoms with Gasteiger partial charge in [-0.25, -0.2) is 0 Å². The number of nitrogen functional groups attached to an aromatic ring is 1. The summed E-state index contributed by atoms with van der Waals surface area (Å²) in [5.74, 6) is -0.392.